The van der Waals surface area contributed by atoms with Gasteiger partial charge in [-0.3, -0.25) is 9.59 Å². The molecule has 1 N–H and O–H groups in total. The van der Waals surface area contributed by atoms with Crippen molar-refractivity contribution in [3.05, 3.63) is 39.9 Å². The third-order valence-electron chi connectivity index (χ3n) is 6.64. The van der Waals surface area contributed by atoms with Crippen LogP contribution < -0.4 is 10.3 Å². The third-order valence-corrected chi connectivity index (χ3v) is 6.64. The number of nitrogens with zero attached hydrogens (tertiary/aromatic N) is 3. The van der Waals surface area contributed by atoms with Crippen molar-refractivity contribution in [1.82, 2.24) is 9.47 Å². The first kappa shape index (κ1) is 21.3. The number of anilines is 1. The molecule has 0 bridgehead atoms. The number of rotatable bonds is 5. The van der Waals surface area contributed by atoms with Gasteiger partial charge in [0.05, 0.1) is 11.2 Å². The van der Waals surface area contributed by atoms with E-state index >= 15 is 4.39 Å². The zero-order valence-corrected chi connectivity index (χ0v) is 18.2. The molecule has 1 aromatic carbocycles. The molecule has 1 saturated heterocycles. The summed E-state index contributed by atoms with van der Waals surface area (Å²) in [6.45, 7) is 7.87. The first-order chi connectivity index (χ1) is 14.6. The van der Waals surface area contributed by atoms with Gasteiger partial charge in [0.1, 0.15) is 11.4 Å². The number of carboxylic acid groups (broad SMARTS) is 1. The van der Waals surface area contributed by atoms with E-state index in [0.29, 0.717) is 37.4 Å². The second kappa shape index (κ2) is 7.66. The van der Waals surface area contributed by atoms with Crippen LogP contribution in [0.25, 0.3) is 10.9 Å². The number of carboxylic acids is 1. The highest BCUT2D eigenvalue weighted by atomic mass is 19.1. The van der Waals surface area contributed by atoms with Gasteiger partial charge in [-0.25, -0.2) is 9.18 Å². The summed E-state index contributed by atoms with van der Waals surface area (Å²) >= 11 is 0. The molecule has 0 atom stereocenters. The maximum Gasteiger partial charge on any atom is 0.341 e. The Hall–Kier alpha value is -2.90. The molecule has 1 saturated carbocycles. The van der Waals surface area contributed by atoms with Gasteiger partial charge in [-0.15, -0.1) is 0 Å². The number of hydrogen-bond donors (Lipinski definition) is 1. The van der Waals surface area contributed by atoms with Crippen molar-refractivity contribution in [3.63, 3.8) is 0 Å². The molecule has 2 heterocycles. The van der Waals surface area contributed by atoms with Crippen LogP contribution in [0.15, 0.2) is 23.1 Å². The molecule has 1 aliphatic carbocycles. The van der Waals surface area contributed by atoms with E-state index in [1.165, 1.54) is 6.20 Å². The smallest absolute Gasteiger partial charge is 0.341 e. The van der Waals surface area contributed by atoms with Crippen LogP contribution >= 0.6 is 0 Å². The molecule has 166 valence electrons. The van der Waals surface area contributed by atoms with E-state index in [1.54, 1.807) is 10.6 Å². The van der Waals surface area contributed by atoms with Crippen molar-refractivity contribution in [2.75, 3.05) is 31.1 Å². The number of fused-ring (bicyclic) bond motifs is 1. The lowest BCUT2D eigenvalue weighted by Crippen LogP contribution is -2.52. The Bertz CT molecular complexity index is 1110. The maximum absolute atomic E-state index is 15.0. The number of carbonyl (C=O) groups is 2. The minimum atomic E-state index is -1.30. The number of piperazine rings is 1. The van der Waals surface area contributed by atoms with Crippen LogP contribution in [-0.4, -0.2) is 52.6 Å². The number of halogens is 1. The highest BCUT2D eigenvalue weighted by Crippen LogP contribution is 2.38. The Morgan fingerprint density at radius 2 is 1.81 bits per heavy atom. The van der Waals surface area contributed by atoms with Crippen molar-refractivity contribution in [3.8, 4) is 0 Å². The molecule has 0 radical (unpaired) electrons. The molecule has 2 aliphatic rings. The fourth-order valence-corrected chi connectivity index (χ4v) is 4.14. The Balaban J connectivity index is 1.67. The van der Waals surface area contributed by atoms with Crippen LogP contribution in [0.3, 0.4) is 0 Å². The van der Waals surface area contributed by atoms with Crippen molar-refractivity contribution in [2.45, 2.75) is 46.1 Å². The first-order valence-corrected chi connectivity index (χ1v) is 10.8. The summed E-state index contributed by atoms with van der Waals surface area (Å²) in [6.07, 6.45) is 3.94. The van der Waals surface area contributed by atoms with E-state index < -0.39 is 22.6 Å². The summed E-state index contributed by atoms with van der Waals surface area (Å²) in [5, 5.41) is 9.47. The molecule has 2 aromatic rings. The minimum Gasteiger partial charge on any atom is -0.477 e. The van der Waals surface area contributed by atoms with E-state index in [1.807, 2.05) is 30.6 Å². The fraction of sp³-hybridized carbons (Fsp3) is 0.522. The lowest BCUT2D eigenvalue weighted by atomic mass is 9.88. The van der Waals surface area contributed by atoms with Crippen LogP contribution in [0, 0.1) is 11.2 Å². The Labute approximate surface area is 180 Å². The molecule has 2 fully saturated rings. The predicted octanol–water partition coefficient (Wildman–Crippen LogP) is 3.26. The number of amides is 1. The van der Waals surface area contributed by atoms with Gasteiger partial charge in [0.25, 0.3) is 0 Å². The molecule has 0 unspecified atom stereocenters. The predicted molar refractivity (Wildman–Crippen MR) is 116 cm³/mol. The second-order valence-corrected chi connectivity index (χ2v) is 9.15. The summed E-state index contributed by atoms with van der Waals surface area (Å²) in [5.74, 6) is -1.75. The van der Waals surface area contributed by atoms with Gasteiger partial charge in [0, 0.05) is 49.2 Å². The van der Waals surface area contributed by atoms with Gasteiger partial charge in [0.15, 0.2) is 0 Å². The van der Waals surface area contributed by atoms with Crippen molar-refractivity contribution in [1.29, 1.82) is 0 Å². The summed E-state index contributed by atoms with van der Waals surface area (Å²) in [4.78, 5) is 40.6. The zero-order valence-electron chi connectivity index (χ0n) is 18.2. The molecule has 1 aromatic heterocycles. The molecule has 7 nitrogen and oxygen atoms in total. The number of hydrogen-bond acceptors (Lipinski definition) is 4. The quantitative estimate of drug-likeness (QED) is 0.789. The van der Waals surface area contributed by atoms with Crippen molar-refractivity contribution in [2.24, 2.45) is 5.41 Å². The van der Waals surface area contributed by atoms with Gasteiger partial charge >= 0.3 is 5.97 Å². The Morgan fingerprint density at radius 3 is 2.35 bits per heavy atom. The Morgan fingerprint density at radius 1 is 1.16 bits per heavy atom. The highest BCUT2D eigenvalue weighted by Gasteiger charge is 2.33. The van der Waals surface area contributed by atoms with E-state index in [0.717, 1.165) is 25.3 Å². The lowest BCUT2D eigenvalue weighted by Gasteiger charge is -2.39. The molecule has 1 aliphatic heterocycles. The summed E-state index contributed by atoms with van der Waals surface area (Å²) in [6, 6.07) is 2.95. The molecule has 1 amide bonds. The molecule has 4 rings (SSSR count). The largest absolute Gasteiger partial charge is 0.477 e. The summed E-state index contributed by atoms with van der Waals surface area (Å²) in [5.41, 5.74) is -0.483. The average molecular weight is 429 g/mol. The van der Waals surface area contributed by atoms with E-state index in [-0.39, 0.29) is 22.9 Å². The lowest BCUT2D eigenvalue weighted by molar-refractivity contribution is -0.140. The van der Waals surface area contributed by atoms with E-state index in [9.17, 15) is 19.5 Å². The van der Waals surface area contributed by atoms with E-state index in [4.69, 9.17) is 0 Å². The first-order valence-electron chi connectivity index (χ1n) is 10.8. The highest BCUT2D eigenvalue weighted by molar-refractivity contribution is 5.93. The van der Waals surface area contributed by atoms with Crippen molar-refractivity contribution < 1.29 is 19.1 Å². The molecular formula is C23H28FN3O4. The average Bonchev–Trinajstić information content (AvgIpc) is 3.58. The van der Waals surface area contributed by atoms with Crippen LogP contribution in [0.1, 0.15) is 56.4 Å². The number of aromatic carboxylic acids is 1. The third kappa shape index (κ3) is 3.79. The van der Waals surface area contributed by atoms with Gasteiger partial charge in [-0.05, 0) is 31.4 Å². The molecule has 0 spiro atoms. The summed E-state index contributed by atoms with van der Waals surface area (Å²) in [7, 11) is 0. The monoisotopic (exact) mass is 429 g/mol. The van der Waals surface area contributed by atoms with Gasteiger partial charge in [-0.2, -0.15) is 0 Å². The van der Waals surface area contributed by atoms with Gasteiger partial charge < -0.3 is 19.5 Å². The van der Waals surface area contributed by atoms with Crippen LogP contribution in [0.4, 0.5) is 10.1 Å². The van der Waals surface area contributed by atoms with Crippen molar-refractivity contribution >= 4 is 28.5 Å². The van der Waals surface area contributed by atoms with Gasteiger partial charge in [-0.1, -0.05) is 20.8 Å². The maximum atomic E-state index is 15.0. The second-order valence-electron chi connectivity index (χ2n) is 9.15. The minimum absolute atomic E-state index is 0.0894. The molecule has 31 heavy (non-hydrogen) atoms. The van der Waals surface area contributed by atoms with Crippen LogP contribution in [-0.2, 0) is 4.79 Å². The molecular weight excluding hydrogens is 401 g/mol. The topological polar surface area (TPSA) is 82.8 Å². The number of aromatic nitrogens is 1. The zero-order chi connectivity index (χ0) is 22.5. The number of carbonyl (C=O) groups excluding carboxylic acids is 1. The van der Waals surface area contributed by atoms with Crippen LogP contribution in [0.5, 0.6) is 0 Å². The SMILES string of the molecule is CCC(C)(C)C(=O)N1CCN(c2cc3c(cc2F)c(=O)c(C(=O)O)cn3C2CC2)CC1. The van der Waals surface area contributed by atoms with Crippen LogP contribution in [0.2, 0.25) is 0 Å². The van der Waals surface area contributed by atoms with Gasteiger partial charge in [0.2, 0.25) is 11.3 Å². The number of pyridine rings is 1. The van der Waals surface area contributed by atoms with E-state index in [2.05, 4.69) is 0 Å². The molecule has 8 heteroatoms. The Kier molecular flexibility index (Phi) is 5.27. The normalized spacial score (nSPS) is 17.3. The standard InChI is InChI=1S/C23H28FN3O4/c1-4-23(2,3)22(31)26-9-7-25(8-10-26)19-12-18-15(11-17(19)24)20(28)16(21(29)30)13-27(18)14-5-6-14/h11-14H,4-10H2,1-3H3,(H,29,30). The fourth-order valence-electron chi connectivity index (χ4n) is 4.14. The summed E-state index contributed by atoms with van der Waals surface area (Å²) < 4.78 is 16.8. The number of benzene rings is 1.